The molecule has 3 aromatic rings. The number of aromatic nitrogens is 3. The maximum absolute atomic E-state index is 12.6. The van der Waals surface area contributed by atoms with Crippen LogP contribution < -0.4 is 11.0 Å². The highest BCUT2D eigenvalue weighted by Gasteiger charge is 2.19. The lowest BCUT2D eigenvalue weighted by Gasteiger charge is -2.22. The lowest BCUT2D eigenvalue weighted by atomic mass is 9.94. The molecule has 0 bridgehead atoms. The summed E-state index contributed by atoms with van der Waals surface area (Å²) in [6.45, 7) is 3.93. The van der Waals surface area contributed by atoms with E-state index in [-0.39, 0.29) is 18.5 Å². The molecule has 0 unspecified atom stereocenters. The summed E-state index contributed by atoms with van der Waals surface area (Å²) in [5, 5.41) is 3.03. The van der Waals surface area contributed by atoms with Crippen LogP contribution in [-0.2, 0) is 11.3 Å². The van der Waals surface area contributed by atoms with E-state index < -0.39 is 5.69 Å². The zero-order valence-electron chi connectivity index (χ0n) is 14.7. The molecule has 1 atom stereocenters. The van der Waals surface area contributed by atoms with Crippen LogP contribution in [0.4, 0.5) is 0 Å². The summed E-state index contributed by atoms with van der Waals surface area (Å²) in [5.41, 5.74) is 3.62. The molecule has 0 fully saturated rings. The summed E-state index contributed by atoms with van der Waals surface area (Å²) in [7, 11) is 0. The Kier molecular flexibility index (Phi) is 5.22. The third-order valence-electron chi connectivity index (χ3n) is 4.17. The van der Waals surface area contributed by atoms with E-state index in [0.29, 0.717) is 0 Å². The number of nitrogens with one attached hydrogen (secondary N) is 1. The van der Waals surface area contributed by atoms with Crippen LogP contribution in [0.3, 0.4) is 0 Å². The zero-order valence-corrected chi connectivity index (χ0v) is 14.7. The first-order valence-electron chi connectivity index (χ1n) is 8.32. The zero-order chi connectivity index (χ0) is 18.5. The van der Waals surface area contributed by atoms with Crippen LogP contribution in [0.5, 0.6) is 0 Å². The monoisotopic (exact) mass is 348 g/mol. The number of aryl methyl sites for hydroxylation is 2. The SMILES string of the molecule is Cc1ccc(C)c([C@H](NC(=O)Cn2cccnc2=O)c2cccnc2)c1. The molecule has 0 radical (unpaired) electrons. The maximum Gasteiger partial charge on any atom is 0.347 e. The molecule has 0 saturated carbocycles. The van der Waals surface area contributed by atoms with Crippen molar-refractivity contribution in [3.05, 3.63) is 93.9 Å². The Balaban J connectivity index is 1.92. The standard InChI is InChI=1S/C20H20N4O2/c1-14-6-7-15(2)17(11-14)19(16-5-3-8-21-12-16)23-18(25)13-24-10-4-9-22-20(24)26/h3-12,19H,13H2,1-2H3,(H,23,25)/t19-/m1/s1. The minimum atomic E-state index is -0.452. The number of nitrogens with zero attached hydrogens (tertiary/aromatic N) is 3. The Morgan fingerprint density at radius 1 is 1.19 bits per heavy atom. The molecule has 3 rings (SSSR count). The molecule has 0 aliphatic heterocycles. The van der Waals surface area contributed by atoms with Crippen molar-refractivity contribution < 1.29 is 4.79 Å². The fourth-order valence-corrected chi connectivity index (χ4v) is 2.83. The van der Waals surface area contributed by atoms with E-state index in [1.54, 1.807) is 24.7 Å². The lowest BCUT2D eigenvalue weighted by molar-refractivity contribution is -0.122. The molecule has 2 heterocycles. The van der Waals surface area contributed by atoms with Gasteiger partial charge in [-0.2, -0.15) is 0 Å². The third-order valence-corrected chi connectivity index (χ3v) is 4.17. The third kappa shape index (κ3) is 4.03. The molecule has 26 heavy (non-hydrogen) atoms. The quantitative estimate of drug-likeness (QED) is 0.766. The van der Waals surface area contributed by atoms with Crippen LogP contribution in [0, 0.1) is 13.8 Å². The average molecular weight is 348 g/mol. The van der Waals surface area contributed by atoms with Crippen molar-refractivity contribution in [3.63, 3.8) is 0 Å². The number of carbonyl (C=O) groups is 1. The van der Waals surface area contributed by atoms with Crippen LogP contribution in [0.15, 0.2) is 66.0 Å². The fraction of sp³-hybridized carbons (Fsp3) is 0.200. The Morgan fingerprint density at radius 3 is 2.77 bits per heavy atom. The highest BCUT2D eigenvalue weighted by Crippen LogP contribution is 2.25. The van der Waals surface area contributed by atoms with Crippen molar-refractivity contribution in [2.24, 2.45) is 0 Å². The molecular weight excluding hydrogens is 328 g/mol. The van der Waals surface area contributed by atoms with Crippen molar-refractivity contribution >= 4 is 5.91 Å². The molecule has 6 nitrogen and oxygen atoms in total. The van der Waals surface area contributed by atoms with E-state index in [2.05, 4.69) is 21.4 Å². The summed E-state index contributed by atoms with van der Waals surface area (Å²) in [6, 6.07) is 11.2. The minimum absolute atomic E-state index is 0.0890. The van der Waals surface area contributed by atoms with Crippen molar-refractivity contribution in [2.45, 2.75) is 26.4 Å². The molecule has 0 saturated heterocycles. The summed E-state index contributed by atoms with van der Waals surface area (Å²) >= 11 is 0. The topological polar surface area (TPSA) is 76.9 Å². The lowest BCUT2D eigenvalue weighted by Crippen LogP contribution is -2.35. The fourth-order valence-electron chi connectivity index (χ4n) is 2.83. The van der Waals surface area contributed by atoms with Crippen molar-refractivity contribution in [1.29, 1.82) is 0 Å². The van der Waals surface area contributed by atoms with Gasteiger partial charge in [-0.15, -0.1) is 0 Å². The largest absolute Gasteiger partial charge is 0.347 e. The van der Waals surface area contributed by atoms with E-state index in [1.807, 2.05) is 38.1 Å². The van der Waals surface area contributed by atoms with Gasteiger partial charge in [-0.3, -0.25) is 14.3 Å². The van der Waals surface area contributed by atoms with Gasteiger partial charge >= 0.3 is 5.69 Å². The number of benzene rings is 1. The second kappa shape index (κ2) is 7.74. The van der Waals surface area contributed by atoms with Gasteiger partial charge in [-0.05, 0) is 42.7 Å². The average Bonchev–Trinajstić information content (AvgIpc) is 2.64. The van der Waals surface area contributed by atoms with Crippen LogP contribution in [0.2, 0.25) is 0 Å². The van der Waals surface area contributed by atoms with Crippen LogP contribution in [0.25, 0.3) is 0 Å². The number of rotatable bonds is 5. The number of carbonyl (C=O) groups excluding carboxylic acids is 1. The molecule has 0 aliphatic rings. The van der Waals surface area contributed by atoms with E-state index >= 15 is 0 Å². The van der Waals surface area contributed by atoms with Gasteiger partial charge in [0.2, 0.25) is 5.91 Å². The molecule has 132 valence electrons. The van der Waals surface area contributed by atoms with Crippen LogP contribution in [0.1, 0.15) is 28.3 Å². The number of hydrogen-bond acceptors (Lipinski definition) is 4. The van der Waals surface area contributed by atoms with Gasteiger partial charge < -0.3 is 5.32 Å². The van der Waals surface area contributed by atoms with Gasteiger partial charge in [-0.25, -0.2) is 9.78 Å². The van der Waals surface area contributed by atoms with E-state index in [1.165, 1.54) is 10.8 Å². The smallest absolute Gasteiger partial charge is 0.344 e. The van der Waals surface area contributed by atoms with E-state index in [0.717, 1.165) is 22.3 Å². The Labute approximate surface area is 151 Å². The second-order valence-corrected chi connectivity index (χ2v) is 6.18. The molecule has 1 amide bonds. The molecule has 1 N–H and O–H groups in total. The summed E-state index contributed by atoms with van der Waals surface area (Å²) in [5.74, 6) is -0.269. The van der Waals surface area contributed by atoms with Crippen molar-refractivity contribution in [1.82, 2.24) is 19.9 Å². The molecule has 0 aliphatic carbocycles. The first-order valence-corrected chi connectivity index (χ1v) is 8.32. The van der Waals surface area contributed by atoms with Crippen LogP contribution >= 0.6 is 0 Å². The highest BCUT2D eigenvalue weighted by molar-refractivity contribution is 5.77. The van der Waals surface area contributed by atoms with E-state index in [4.69, 9.17) is 0 Å². The van der Waals surface area contributed by atoms with Gasteiger partial charge in [-0.1, -0.05) is 29.8 Å². The first kappa shape index (κ1) is 17.5. The molecule has 6 heteroatoms. The number of hydrogen-bond donors (Lipinski definition) is 1. The van der Waals surface area contributed by atoms with Gasteiger partial charge in [0.15, 0.2) is 0 Å². The predicted octanol–water partition coefficient (Wildman–Crippen LogP) is 2.16. The summed E-state index contributed by atoms with van der Waals surface area (Å²) in [4.78, 5) is 32.2. The van der Waals surface area contributed by atoms with Crippen molar-refractivity contribution in [3.8, 4) is 0 Å². The molecular formula is C20H20N4O2. The predicted molar refractivity (Wildman–Crippen MR) is 98.6 cm³/mol. The number of amides is 1. The summed E-state index contributed by atoms with van der Waals surface area (Å²) < 4.78 is 1.28. The molecule has 2 aromatic heterocycles. The van der Waals surface area contributed by atoms with Crippen LogP contribution in [-0.4, -0.2) is 20.4 Å². The van der Waals surface area contributed by atoms with Crippen molar-refractivity contribution in [2.75, 3.05) is 0 Å². The van der Waals surface area contributed by atoms with Gasteiger partial charge in [0.1, 0.15) is 6.54 Å². The highest BCUT2D eigenvalue weighted by atomic mass is 16.2. The Morgan fingerprint density at radius 2 is 2.04 bits per heavy atom. The normalized spacial score (nSPS) is 11.8. The second-order valence-electron chi connectivity index (χ2n) is 6.18. The first-order chi connectivity index (χ1) is 12.5. The van der Waals surface area contributed by atoms with E-state index in [9.17, 15) is 9.59 Å². The summed E-state index contributed by atoms with van der Waals surface area (Å²) in [6.07, 6.45) is 6.39. The maximum atomic E-state index is 12.6. The number of pyridine rings is 1. The Bertz CT molecular complexity index is 967. The van der Waals surface area contributed by atoms with Gasteiger partial charge in [0.05, 0.1) is 6.04 Å². The molecule has 0 spiro atoms. The van der Waals surface area contributed by atoms with Gasteiger partial charge in [0.25, 0.3) is 0 Å². The Hall–Kier alpha value is -3.28. The van der Waals surface area contributed by atoms with Gasteiger partial charge in [0, 0.05) is 24.8 Å². The molecule has 1 aromatic carbocycles. The minimum Gasteiger partial charge on any atom is -0.344 e.